The number of anilines is 1. The van der Waals surface area contributed by atoms with Gasteiger partial charge < -0.3 is 10.2 Å². The molecule has 1 heterocycles. The van der Waals surface area contributed by atoms with Gasteiger partial charge in [0.1, 0.15) is 17.7 Å². The largest absolute Gasteiger partial charge is 0.344 e. The minimum absolute atomic E-state index is 0.0120. The first-order valence-electron chi connectivity index (χ1n) is 7.64. The summed E-state index contributed by atoms with van der Waals surface area (Å²) in [6.45, 7) is 0.454. The Morgan fingerprint density at radius 1 is 1.12 bits per heavy atom. The van der Waals surface area contributed by atoms with Crippen molar-refractivity contribution in [1.29, 1.82) is 0 Å². The normalized spacial score (nSPS) is 17.2. The van der Waals surface area contributed by atoms with E-state index in [2.05, 4.69) is 5.32 Å². The minimum atomic E-state index is -0.615. The molecular formula is C18H16F2N2O2. The molecule has 6 heteroatoms. The van der Waals surface area contributed by atoms with Crippen LogP contribution in [0.25, 0.3) is 0 Å². The fourth-order valence-corrected chi connectivity index (χ4v) is 2.77. The molecule has 1 aliphatic heterocycles. The van der Waals surface area contributed by atoms with E-state index in [1.165, 1.54) is 47.4 Å². The molecular weight excluding hydrogens is 314 g/mol. The summed E-state index contributed by atoms with van der Waals surface area (Å²) >= 11 is 0. The van der Waals surface area contributed by atoms with Gasteiger partial charge in [0.25, 0.3) is 0 Å². The topological polar surface area (TPSA) is 49.4 Å². The van der Waals surface area contributed by atoms with Crippen LogP contribution in [0.1, 0.15) is 12.0 Å². The maximum absolute atomic E-state index is 13.1. The molecule has 0 radical (unpaired) electrons. The molecule has 0 aromatic heterocycles. The fraction of sp³-hybridized carbons (Fsp3) is 0.222. The molecule has 2 amide bonds. The molecule has 1 saturated heterocycles. The molecule has 2 aromatic rings. The van der Waals surface area contributed by atoms with Gasteiger partial charge in [-0.3, -0.25) is 9.59 Å². The first kappa shape index (κ1) is 16.1. The van der Waals surface area contributed by atoms with Gasteiger partial charge in [0.15, 0.2) is 0 Å². The summed E-state index contributed by atoms with van der Waals surface area (Å²) in [7, 11) is 0. The average Bonchev–Trinajstić information content (AvgIpc) is 2.89. The highest BCUT2D eigenvalue weighted by Crippen LogP contribution is 2.22. The van der Waals surface area contributed by atoms with E-state index < -0.39 is 11.9 Å². The molecule has 2 aromatic carbocycles. The van der Waals surface area contributed by atoms with Crippen LogP contribution in [-0.2, 0) is 16.0 Å². The van der Waals surface area contributed by atoms with Crippen LogP contribution in [0, 0.1) is 11.6 Å². The zero-order chi connectivity index (χ0) is 17.1. The molecule has 1 N–H and O–H groups in total. The molecule has 0 aliphatic carbocycles. The molecule has 1 aliphatic rings. The van der Waals surface area contributed by atoms with Gasteiger partial charge in [-0.1, -0.05) is 12.1 Å². The number of benzene rings is 2. The molecule has 4 nitrogen and oxygen atoms in total. The van der Waals surface area contributed by atoms with E-state index >= 15 is 0 Å². The monoisotopic (exact) mass is 330 g/mol. The lowest BCUT2D eigenvalue weighted by atomic mass is 10.1. The van der Waals surface area contributed by atoms with Crippen molar-refractivity contribution in [3.8, 4) is 0 Å². The summed E-state index contributed by atoms with van der Waals surface area (Å²) in [4.78, 5) is 26.0. The van der Waals surface area contributed by atoms with E-state index in [0.29, 0.717) is 24.2 Å². The number of nitrogens with zero attached hydrogens (tertiary/aromatic N) is 1. The first-order valence-corrected chi connectivity index (χ1v) is 7.64. The zero-order valence-electron chi connectivity index (χ0n) is 12.8. The fourth-order valence-electron chi connectivity index (χ4n) is 2.77. The standard InChI is InChI=1S/C18H16F2N2O2/c19-13-4-6-15(7-5-13)22-9-8-16(18(22)24)21-17(23)11-12-2-1-3-14(20)10-12/h1-7,10,16H,8-9,11H2,(H,21,23). The van der Waals surface area contributed by atoms with Crippen molar-refractivity contribution in [3.05, 3.63) is 65.7 Å². The van der Waals surface area contributed by atoms with Crippen molar-refractivity contribution in [1.82, 2.24) is 5.32 Å². The van der Waals surface area contributed by atoms with Gasteiger partial charge in [0, 0.05) is 12.2 Å². The molecule has 1 fully saturated rings. The Hall–Kier alpha value is -2.76. The van der Waals surface area contributed by atoms with Crippen LogP contribution in [0.15, 0.2) is 48.5 Å². The summed E-state index contributed by atoms with van der Waals surface area (Å²) in [5.41, 5.74) is 1.15. The zero-order valence-corrected chi connectivity index (χ0v) is 12.8. The van der Waals surface area contributed by atoms with Crippen LogP contribution < -0.4 is 10.2 Å². The van der Waals surface area contributed by atoms with E-state index in [1.54, 1.807) is 6.07 Å². The van der Waals surface area contributed by atoms with Crippen molar-refractivity contribution in [2.75, 3.05) is 11.4 Å². The minimum Gasteiger partial charge on any atom is -0.344 e. The van der Waals surface area contributed by atoms with Crippen LogP contribution in [0.3, 0.4) is 0 Å². The SMILES string of the molecule is O=C(Cc1cccc(F)c1)NC1CCN(c2ccc(F)cc2)C1=O. The molecule has 1 unspecified atom stereocenters. The number of rotatable bonds is 4. The molecule has 0 spiro atoms. The van der Waals surface area contributed by atoms with Gasteiger partial charge in [0.05, 0.1) is 6.42 Å². The van der Waals surface area contributed by atoms with Crippen LogP contribution >= 0.6 is 0 Å². The quantitative estimate of drug-likeness (QED) is 0.936. The Balaban J connectivity index is 1.61. The molecule has 24 heavy (non-hydrogen) atoms. The van der Waals surface area contributed by atoms with Crippen molar-refractivity contribution < 1.29 is 18.4 Å². The second-order valence-electron chi connectivity index (χ2n) is 5.68. The predicted octanol–water partition coefficient (Wildman–Crippen LogP) is 2.43. The lowest BCUT2D eigenvalue weighted by molar-refractivity contribution is -0.126. The Bertz CT molecular complexity index is 762. The van der Waals surface area contributed by atoms with Gasteiger partial charge in [-0.05, 0) is 48.4 Å². The number of carbonyl (C=O) groups excluding carboxylic acids is 2. The maximum atomic E-state index is 13.1. The summed E-state index contributed by atoms with van der Waals surface area (Å²) in [5, 5.41) is 2.68. The lowest BCUT2D eigenvalue weighted by Gasteiger charge is -2.17. The summed E-state index contributed by atoms with van der Waals surface area (Å²) < 4.78 is 26.1. The lowest BCUT2D eigenvalue weighted by Crippen LogP contribution is -2.42. The summed E-state index contributed by atoms with van der Waals surface area (Å²) in [5.74, 6) is -1.33. The van der Waals surface area contributed by atoms with Gasteiger partial charge in [0.2, 0.25) is 11.8 Å². The van der Waals surface area contributed by atoms with Crippen molar-refractivity contribution in [2.24, 2.45) is 0 Å². The third-order valence-corrected chi connectivity index (χ3v) is 3.93. The second kappa shape index (κ2) is 6.78. The molecule has 0 bridgehead atoms. The number of hydrogen-bond donors (Lipinski definition) is 1. The van der Waals surface area contributed by atoms with Crippen LogP contribution in [-0.4, -0.2) is 24.4 Å². The van der Waals surface area contributed by atoms with Crippen LogP contribution in [0.5, 0.6) is 0 Å². The van der Waals surface area contributed by atoms with Crippen molar-refractivity contribution >= 4 is 17.5 Å². The van der Waals surface area contributed by atoms with Gasteiger partial charge in [-0.25, -0.2) is 8.78 Å². The van der Waals surface area contributed by atoms with Gasteiger partial charge >= 0.3 is 0 Å². The molecule has 0 saturated carbocycles. The first-order chi connectivity index (χ1) is 11.5. The highest BCUT2D eigenvalue weighted by molar-refractivity contribution is 6.01. The van der Waals surface area contributed by atoms with E-state index in [0.717, 1.165) is 0 Å². The third kappa shape index (κ3) is 3.59. The maximum Gasteiger partial charge on any atom is 0.249 e. The summed E-state index contributed by atoms with van der Waals surface area (Å²) in [6, 6.07) is 10.8. The van der Waals surface area contributed by atoms with Crippen LogP contribution in [0.2, 0.25) is 0 Å². The highest BCUT2D eigenvalue weighted by Gasteiger charge is 2.33. The van der Waals surface area contributed by atoms with Crippen molar-refractivity contribution in [3.63, 3.8) is 0 Å². The molecule has 124 valence electrons. The average molecular weight is 330 g/mol. The van der Waals surface area contributed by atoms with E-state index in [4.69, 9.17) is 0 Å². The number of halogens is 2. The number of carbonyl (C=O) groups is 2. The van der Waals surface area contributed by atoms with Gasteiger partial charge in [-0.2, -0.15) is 0 Å². The van der Waals surface area contributed by atoms with Crippen LogP contribution in [0.4, 0.5) is 14.5 Å². The predicted molar refractivity (Wildman–Crippen MR) is 85.4 cm³/mol. The number of amides is 2. The van der Waals surface area contributed by atoms with E-state index in [1.807, 2.05) is 0 Å². The van der Waals surface area contributed by atoms with Crippen molar-refractivity contribution in [2.45, 2.75) is 18.9 Å². The smallest absolute Gasteiger partial charge is 0.249 e. The van der Waals surface area contributed by atoms with E-state index in [9.17, 15) is 18.4 Å². The molecule has 1 atom stereocenters. The number of hydrogen-bond acceptors (Lipinski definition) is 2. The Morgan fingerprint density at radius 2 is 1.88 bits per heavy atom. The second-order valence-corrected chi connectivity index (χ2v) is 5.68. The highest BCUT2D eigenvalue weighted by atomic mass is 19.1. The van der Waals surface area contributed by atoms with E-state index in [-0.39, 0.29) is 24.1 Å². The Morgan fingerprint density at radius 3 is 2.58 bits per heavy atom. The number of nitrogens with one attached hydrogen (secondary N) is 1. The Kier molecular flexibility index (Phi) is 4.55. The third-order valence-electron chi connectivity index (χ3n) is 3.93. The molecule has 3 rings (SSSR count). The van der Waals surface area contributed by atoms with Gasteiger partial charge in [-0.15, -0.1) is 0 Å². The summed E-state index contributed by atoms with van der Waals surface area (Å²) in [6.07, 6.45) is 0.489. The Labute approximate surface area is 138 Å².